The first-order chi connectivity index (χ1) is 6.65. The first-order valence-corrected chi connectivity index (χ1v) is 4.36. The maximum absolute atomic E-state index is 11.4. The third kappa shape index (κ3) is 2.58. The van der Waals surface area contributed by atoms with Crippen LogP contribution in [0.4, 0.5) is 0 Å². The van der Waals surface area contributed by atoms with Crippen LogP contribution in [0.5, 0.6) is 0 Å². The molecule has 0 saturated carbocycles. The van der Waals surface area contributed by atoms with Gasteiger partial charge in [0.15, 0.2) is 5.15 Å². The smallest absolute Gasteiger partial charge is 0.283 e. The van der Waals surface area contributed by atoms with E-state index in [1.807, 2.05) is 0 Å². The molecule has 1 heterocycles. The van der Waals surface area contributed by atoms with Gasteiger partial charge in [0.2, 0.25) is 0 Å². The van der Waals surface area contributed by atoms with E-state index >= 15 is 0 Å². The molecule has 0 unspecified atom stereocenters. The predicted octanol–water partition coefficient (Wildman–Crippen LogP) is 0.494. The van der Waals surface area contributed by atoms with Crippen molar-refractivity contribution in [3.05, 3.63) is 29.6 Å². The fourth-order valence-electron chi connectivity index (χ4n) is 0.912. The fraction of sp³-hybridized carbons (Fsp3) is 0.250. The SMILES string of the molecule is C=CCNNC(=O)c1cc(Cl)nn1C. The van der Waals surface area contributed by atoms with Crippen LogP contribution in [0.2, 0.25) is 5.15 Å². The lowest BCUT2D eigenvalue weighted by Crippen LogP contribution is -2.38. The number of rotatable bonds is 4. The molecule has 0 aliphatic carbocycles. The Bertz CT molecular complexity index is 347. The lowest BCUT2D eigenvalue weighted by atomic mass is 10.4. The molecule has 0 aromatic carbocycles. The number of nitrogens with one attached hydrogen (secondary N) is 2. The van der Waals surface area contributed by atoms with Crippen LogP contribution < -0.4 is 10.9 Å². The van der Waals surface area contributed by atoms with Crippen LogP contribution in [-0.2, 0) is 7.05 Å². The van der Waals surface area contributed by atoms with Gasteiger partial charge in [0.05, 0.1) is 0 Å². The summed E-state index contributed by atoms with van der Waals surface area (Å²) in [5.41, 5.74) is 5.54. The van der Waals surface area contributed by atoms with Gasteiger partial charge < -0.3 is 0 Å². The minimum Gasteiger partial charge on any atom is -0.286 e. The second kappa shape index (κ2) is 4.78. The molecule has 0 aliphatic rings. The second-order valence-electron chi connectivity index (χ2n) is 2.60. The van der Waals surface area contributed by atoms with Gasteiger partial charge in [-0.05, 0) is 0 Å². The van der Waals surface area contributed by atoms with E-state index < -0.39 is 0 Å². The van der Waals surface area contributed by atoms with E-state index in [1.165, 1.54) is 10.7 Å². The van der Waals surface area contributed by atoms with E-state index in [9.17, 15) is 4.79 Å². The average molecular weight is 215 g/mol. The zero-order chi connectivity index (χ0) is 10.6. The highest BCUT2D eigenvalue weighted by Gasteiger charge is 2.11. The van der Waals surface area contributed by atoms with Crippen molar-refractivity contribution in [2.45, 2.75) is 0 Å². The molecule has 0 aliphatic heterocycles. The van der Waals surface area contributed by atoms with Crippen molar-refractivity contribution in [3.8, 4) is 0 Å². The molecule has 14 heavy (non-hydrogen) atoms. The Kier molecular flexibility index (Phi) is 3.67. The number of carbonyl (C=O) groups excluding carboxylic acids is 1. The van der Waals surface area contributed by atoms with Gasteiger partial charge in [-0.25, -0.2) is 5.43 Å². The predicted molar refractivity (Wildman–Crippen MR) is 53.9 cm³/mol. The first-order valence-electron chi connectivity index (χ1n) is 3.98. The number of hydrogen-bond acceptors (Lipinski definition) is 3. The molecule has 0 spiro atoms. The third-order valence-electron chi connectivity index (χ3n) is 1.53. The molecule has 76 valence electrons. The van der Waals surface area contributed by atoms with Gasteiger partial charge in [0.25, 0.3) is 5.91 Å². The van der Waals surface area contributed by atoms with Crippen molar-refractivity contribution in [2.75, 3.05) is 6.54 Å². The quantitative estimate of drug-likeness (QED) is 0.436. The van der Waals surface area contributed by atoms with E-state index in [2.05, 4.69) is 22.5 Å². The number of nitrogens with zero attached hydrogens (tertiary/aromatic N) is 2. The summed E-state index contributed by atoms with van der Waals surface area (Å²) in [6.45, 7) is 4.00. The van der Waals surface area contributed by atoms with Crippen molar-refractivity contribution in [1.29, 1.82) is 0 Å². The summed E-state index contributed by atoms with van der Waals surface area (Å²) < 4.78 is 1.41. The number of hydrogen-bond donors (Lipinski definition) is 2. The van der Waals surface area contributed by atoms with Gasteiger partial charge in [-0.3, -0.25) is 14.9 Å². The molecule has 1 aromatic rings. The van der Waals surface area contributed by atoms with Gasteiger partial charge in [0.1, 0.15) is 5.69 Å². The van der Waals surface area contributed by atoms with Crippen LogP contribution in [-0.4, -0.2) is 22.2 Å². The number of aryl methyl sites for hydroxylation is 1. The Balaban J connectivity index is 2.60. The summed E-state index contributed by atoms with van der Waals surface area (Å²) in [4.78, 5) is 11.4. The molecule has 0 fully saturated rings. The average Bonchev–Trinajstić information content (AvgIpc) is 2.45. The van der Waals surface area contributed by atoms with Gasteiger partial charge in [-0.2, -0.15) is 5.10 Å². The number of halogens is 1. The summed E-state index contributed by atoms with van der Waals surface area (Å²) in [5.74, 6) is -0.284. The van der Waals surface area contributed by atoms with Gasteiger partial charge in [0, 0.05) is 19.7 Å². The molecule has 1 amide bonds. The molecule has 0 radical (unpaired) electrons. The maximum Gasteiger partial charge on any atom is 0.283 e. The minimum atomic E-state index is -0.284. The lowest BCUT2D eigenvalue weighted by Gasteiger charge is -2.04. The van der Waals surface area contributed by atoms with Gasteiger partial charge in [-0.1, -0.05) is 17.7 Å². The zero-order valence-corrected chi connectivity index (χ0v) is 8.51. The standard InChI is InChI=1S/C8H11ClN4O/c1-3-4-10-11-8(14)6-5-7(9)12-13(6)2/h3,5,10H,1,4H2,2H3,(H,11,14). The van der Waals surface area contributed by atoms with Crippen LogP contribution >= 0.6 is 11.6 Å². The van der Waals surface area contributed by atoms with Crippen molar-refractivity contribution in [3.63, 3.8) is 0 Å². The second-order valence-corrected chi connectivity index (χ2v) is 2.99. The third-order valence-corrected chi connectivity index (χ3v) is 1.72. The molecule has 1 rings (SSSR count). The van der Waals surface area contributed by atoms with Crippen LogP contribution in [0, 0.1) is 0 Å². The fourth-order valence-corrected chi connectivity index (χ4v) is 1.13. The summed E-state index contributed by atoms with van der Waals surface area (Å²) in [6, 6.07) is 1.49. The van der Waals surface area contributed by atoms with E-state index in [-0.39, 0.29) is 5.91 Å². The Labute approximate surface area is 86.7 Å². The highest BCUT2D eigenvalue weighted by molar-refractivity contribution is 6.29. The molecule has 5 nitrogen and oxygen atoms in total. The lowest BCUT2D eigenvalue weighted by molar-refractivity contribution is 0.0926. The summed E-state index contributed by atoms with van der Waals surface area (Å²) in [5, 5.41) is 4.13. The Morgan fingerprint density at radius 2 is 2.57 bits per heavy atom. The van der Waals surface area contributed by atoms with Crippen molar-refractivity contribution in [2.24, 2.45) is 7.05 Å². The molecule has 0 atom stereocenters. The molecular formula is C8H11ClN4O. The Morgan fingerprint density at radius 1 is 1.86 bits per heavy atom. The minimum absolute atomic E-state index is 0.284. The number of hydrazine groups is 1. The Hall–Kier alpha value is -1.33. The van der Waals surface area contributed by atoms with Crippen LogP contribution in [0.3, 0.4) is 0 Å². The van der Waals surface area contributed by atoms with E-state index in [1.54, 1.807) is 13.1 Å². The van der Waals surface area contributed by atoms with Gasteiger partial charge in [-0.15, -0.1) is 6.58 Å². The molecule has 1 aromatic heterocycles. The monoisotopic (exact) mass is 214 g/mol. The van der Waals surface area contributed by atoms with Gasteiger partial charge >= 0.3 is 0 Å². The summed E-state index contributed by atoms with van der Waals surface area (Å²) in [6.07, 6.45) is 1.64. The Morgan fingerprint density at radius 3 is 3.07 bits per heavy atom. The van der Waals surface area contributed by atoms with Crippen LogP contribution in [0.25, 0.3) is 0 Å². The molecular weight excluding hydrogens is 204 g/mol. The van der Waals surface area contributed by atoms with Crippen LogP contribution in [0.1, 0.15) is 10.5 Å². The summed E-state index contributed by atoms with van der Waals surface area (Å²) >= 11 is 5.62. The van der Waals surface area contributed by atoms with E-state index in [0.29, 0.717) is 17.4 Å². The normalized spacial score (nSPS) is 9.86. The molecule has 6 heteroatoms. The first kappa shape index (κ1) is 10.7. The van der Waals surface area contributed by atoms with Crippen molar-refractivity contribution < 1.29 is 4.79 Å². The topological polar surface area (TPSA) is 58.9 Å². The molecule has 0 bridgehead atoms. The summed E-state index contributed by atoms with van der Waals surface area (Å²) in [7, 11) is 1.65. The highest BCUT2D eigenvalue weighted by atomic mass is 35.5. The molecule has 0 saturated heterocycles. The van der Waals surface area contributed by atoms with Crippen molar-refractivity contribution in [1.82, 2.24) is 20.6 Å². The number of carbonyl (C=O) groups is 1. The van der Waals surface area contributed by atoms with Crippen molar-refractivity contribution >= 4 is 17.5 Å². The largest absolute Gasteiger partial charge is 0.286 e. The molecule has 2 N–H and O–H groups in total. The van der Waals surface area contributed by atoms with E-state index in [0.717, 1.165) is 0 Å². The number of aromatic nitrogens is 2. The zero-order valence-electron chi connectivity index (χ0n) is 7.75. The number of amides is 1. The maximum atomic E-state index is 11.4. The van der Waals surface area contributed by atoms with Crippen LogP contribution in [0.15, 0.2) is 18.7 Å². The highest BCUT2D eigenvalue weighted by Crippen LogP contribution is 2.07. The van der Waals surface area contributed by atoms with E-state index in [4.69, 9.17) is 11.6 Å².